The van der Waals surface area contributed by atoms with Crippen LogP contribution >= 0.6 is 0 Å². The minimum absolute atomic E-state index is 0.0752. The van der Waals surface area contributed by atoms with E-state index in [9.17, 15) is 0 Å². The Morgan fingerprint density at radius 1 is 1.10 bits per heavy atom. The third kappa shape index (κ3) is 6.53. The van der Waals surface area contributed by atoms with Crippen LogP contribution in [0.2, 0.25) is 0 Å². The molecule has 1 aliphatic rings. The molecule has 0 aromatic rings. The van der Waals surface area contributed by atoms with Gasteiger partial charge in [0, 0.05) is 17.6 Å². The number of hydrogen-bond donors (Lipinski definition) is 1. The van der Waals surface area contributed by atoms with E-state index in [-0.39, 0.29) is 17.2 Å². The fourth-order valence-corrected chi connectivity index (χ4v) is 2.04. The molecular formula is C16H34N2O2. The van der Waals surface area contributed by atoms with Gasteiger partial charge < -0.3 is 19.7 Å². The smallest absolute Gasteiger partial charge is 0.0813 e. The molecule has 1 N–H and O–H groups in total. The number of rotatable bonds is 7. The molecule has 2 unspecified atom stereocenters. The van der Waals surface area contributed by atoms with Crippen LogP contribution in [0.4, 0.5) is 0 Å². The normalized spacial score (nSPS) is 24.6. The van der Waals surface area contributed by atoms with Gasteiger partial charge in [-0.3, -0.25) is 0 Å². The van der Waals surface area contributed by atoms with Crippen LogP contribution in [0.15, 0.2) is 0 Å². The van der Waals surface area contributed by atoms with Crippen molar-refractivity contribution in [2.45, 2.75) is 70.7 Å². The Balaban J connectivity index is 2.19. The molecule has 0 aromatic heterocycles. The molecule has 120 valence electrons. The Kier molecular flexibility index (Phi) is 6.45. The molecule has 0 amide bonds. The molecule has 0 radical (unpaired) electrons. The first-order chi connectivity index (χ1) is 9.10. The Bertz CT molecular complexity index is 285. The van der Waals surface area contributed by atoms with Gasteiger partial charge in [-0.1, -0.05) is 0 Å². The molecule has 1 aliphatic heterocycles. The quantitative estimate of drug-likeness (QED) is 0.778. The number of nitrogens with one attached hydrogen (secondary N) is 1. The van der Waals surface area contributed by atoms with Crippen molar-refractivity contribution in [3.63, 3.8) is 0 Å². The predicted molar refractivity (Wildman–Crippen MR) is 84.2 cm³/mol. The second-order valence-corrected chi connectivity index (χ2v) is 7.81. The van der Waals surface area contributed by atoms with E-state index in [0.717, 1.165) is 26.0 Å². The molecular weight excluding hydrogens is 252 g/mol. The van der Waals surface area contributed by atoms with E-state index in [1.165, 1.54) is 0 Å². The summed E-state index contributed by atoms with van der Waals surface area (Å²) in [5, 5.41) is 3.51. The molecule has 0 aliphatic carbocycles. The molecule has 0 aromatic carbocycles. The average molecular weight is 286 g/mol. The highest BCUT2D eigenvalue weighted by Gasteiger charge is 2.27. The molecule has 0 spiro atoms. The van der Waals surface area contributed by atoms with Gasteiger partial charge in [-0.05, 0) is 61.6 Å². The van der Waals surface area contributed by atoms with E-state index in [1.807, 2.05) is 0 Å². The Morgan fingerprint density at radius 2 is 1.70 bits per heavy atom. The van der Waals surface area contributed by atoms with Gasteiger partial charge >= 0.3 is 0 Å². The van der Waals surface area contributed by atoms with Crippen LogP contribution < -0.4 is 5.32 Å². The second-order valence-electron chi connectivity index (χ2n) is 7.81. The topological polar surface area (TPSA) is 33.7 Å². The molecule has 1 rings (SSSR count). The third-order valence-electron chi connectivity index (χ3n) is 4.03. The van der Waals surface area contributed by atoms with Gasteiger partial charge in [0.25, 0.3) is 0 Å². The fourth-order valence-electron chi connectivity index (χ4n) is 2.04. The van der Waals surface area contributed by atoms with Crippen LogP contribution in [0.3, 0.4) is 0 Å². The summed E-state index contributed by atoms with van der Waals surface area (Å²) in [6.45, 7) is 13.3. The average Bonchev–Trinajstić information content (AvgIpc) is 2.73. The van der Waals surface area contributed by atoms with Crippen LogP contribution in [-0.4, -0.2) is 62.0 Å². The highest BCUT2D eigenvalue weighted by Crippen LogP contribution is 2.21. The number of hydrogen-bond acceptors (Lipinski definition) is 4. The zero-order chi connectivity index (χ0) is 15.4. The maximum Gasteiger partial charge on any atom is 0.0813 e. The van der Waals surface area contributed by atoms with E-state index in [1.54, 1.807) is 0 Å². The van der Waals surface area contributed by atoms with Gasteiger partial charge in [0.2, 0.25) is 0 Å². The van der Waals surface area contributed by atoms with Gasteiger partial charge in [0.1, 0.15) is 0 Å². The van der Waals surface area contributed by atoms with Gasteiger partial charge in [-0.15, -0.1) is 0 Å². The van der Waals surface area contributed by atoms with Crippen LogP contribution in [0.25, 0.3) is 0 Å². The summed E-state index contributed by atoms with van der Waals surface area (Å²) in [4.78, 5) is 2.19. The fraction of sp³-hybridized carbons (Fsp3) is 1.00. The van der Waals surface area contributed by atoms with E-state index in [4.69, 9.17) is 9.47 Å². The number of likely N-dealkylation sites (N-methyl/N-ethyl adjacent to an activating group) is 1. The SMILES string of the molecule is CN(C)C(C)(C)COCC1CCC(CNC(C)(C)C)O1. The summed E-state index contributed by atoms with van der Waals surface area (Å²) >= 11 is 0. The maximum absolute atomic E-state index is 6.03. The van der Waals surface area contributed by atoms with Crippen molar-refractivity contribution in [2.75, 3.05) is 33.9 Å². The number of ether oxygens (including phenoxy) is 2. The number of nitrogens with zero attached hydrogens (tertiary/aromatic N) is 1. The van der Waals surface area contributed by atoms with Crippen molar-refractivity contribution in [3.05, 3.63) is 0 Å². The first-order valence-corrected chi connectivity index (χ1v) is 7.76. The lowest BCUT2D eigenvalue weighted by atomic mass is 10.1. The first-order valence-electron chi connectivity index (χ1n) is 7.76. The van der Waals surface area contributed by atoms with Crippen molar-refractivity contribution in [2.24, 2.45) is 0 Å². The minimum Gasteiger partial charge on any atom is -0.377 e. The summed E-state index contributed by atoms with van der Waals surface area (Å²) < 4.78 is 11.9. The molecule has 4 heteroatoms. The summed E-state index contributed by atoms with van der Waals surface area (Å²) in [6, 6.07) is 0. The lowest BCUT2D eigenvalue weighted by Crippen LogP contribution is -2.43. The van der Waals surface area contributed by atoms with E-state index < -0.39 is 0 Å². The van der Waals surface area contributed by atoms with Crippen molar-refractivity contribution in [1.29, 1.82) is 0 Å². The zero-order valence-electron chi connectivity index (χ0n) is 14.5. The van der Waals surface area contributed by atoms with Gasteiger partial charge in [-0.25, -0.2) is 0 Å². The molecule has 1 saturated heterocycles. The molecule has 1 heterocycles. The molecule has 4 nitrogen and oxygen atoms in total. The molecule has 20 heavy (non-hydrogen) atoms. The monoisotopic (exact) mass is 286 g/mol. The Labute approximate surface area is 125 Å². The van der Waals surface area contributed by atoms with Gasteiger partial charge in [0.05, 0.1) is 25.4 Å². The summed E-state index contributed by atoms with van der Waals surface area (Å²) in [5.74, 6) is 0. The van der Waals surface area contributed by atoms with Crippen LogP contribution in [0.5, 0.6) is 0 Å². The van der Waals surface area contributed by atoms with Crippen LogP contribution in [-0.2, 0) is 9.47 Å². The molecule has 2 atom stereocenters. The lowest BCUT2D eigenvalue weighted by Gasteiger charge is -2.32. The molecule has 0 bridgehead atoms. The highest BCUT2D eigenvalue weighted by atomic mass is 16.5. The molecule has 0 saturated carbocycles. The third-order valence-corrected chi connectivity index (χ3v) is 4.03. The van der Waals surface area contributed by atoms with E-state index >= 15 is 0 Å². The lowest BCUT2D eigenvalue weighted by molar-refractivity contribution is -0.0384. The van der Waals surface area contributed by atoms with Gasteiger partial charge in [0.15, 0.2) is 0 Å². The van der Waals surface area contributed by atoms with Crippen LogP contribution in [0.1, 0.15) is 47.5 Å². The Morgan fingerprint density at radius 3 is 2.25 bits per heavy atom. The minimum atomic E-state index is 0.0752. The summed E-state index contributed by atoms with van der Waals surface area (Å²) in [5.41, 5.74) is 0.236. The summed E-state index contributed by atoms with van der Waals surface area (Å²) in [6.07, 6.45) is 2.84. The van der Waals surface area contributed by atoms with Crippen molar-refractivity contribution in [1.82, 2.24) is 10.2 Å². The van der Waals surface area contributed by atoms with Gasteiger partial charge in [-0.2, -0.15) is 0 Å². The second kappa shape index (κ2) is 7.21. The largest absolute Gasteiger partial charge is 0.377 e. The van der Waals surface area contributed by atoms with Crippen LogP contribution in [0, 0.1) is 0 Å². The maximum atomic E-state index is 6.03. The zero-order valence-corrected chi connectivity index (χ0v) is 14.5. The highest BCUT2D eigenvalue weighted by molar-refractivity contribution is 4.80. The predicted octanol–water partition coefficient (Wildman–Crippen LogP) is 2.28. The molecule has 1 fully saturated rings. The van der Waals surface area contributed by atoms with E-state index in [0.29, 0.717) is 12.7 Å². The van der Waals surface area contributed by atoms with Crippen molar-refractivity contribution in [3.8, 4) is 0 Å². The van der Waals surface area contributed by atoms with Crippen molar-refractivity contribution < 1.29 is 9.47 Å². The Hall–Kier alpha value is -0.160. The van der Waals surface area contributed by atoms with Crippen molar-refractivity contribution >= 4 is 0 Å². The standard InChI is InChI=1S/C16H34N2O2/c1-15(2,3)17-10-13-8-9-14(20-13)11-19-12-16(4,5)18(6)7/h13-14,17H,8-12H2,1-7H3. The summed E-state index contributed by atoms with van der Waals surface area (Å²) in [7, 11) is 4.17. The first kappa shape index (κ1) is 17.9. The van der Waals surface area contributed by atoms with E-state index in [2.05, 4.69) is 58.9 Å².